The van der Waals surface area contributed by atoms with Gasteiger partial charge in [-0.05, 0) is 29.3 Å². The van der Waals surface area contributed by atoms with E-state index in [-0.39, 0.29) is 19.0 Å². The second kappa shape index (κ2) is 8.47. The zero-order valence-corrected chi connectivity index (χ0v) is 16.9. The highest BCUT2D eigenvalue weighted by Gasteiger charge is 2.32. The first kappa shape index (κ1) is 20.4. The first-order chi connectivity index (χ1) is 14.9. The van der Waals surface area contributed by atoms with Crippen molar-refractivity contribution in [1.82, 2.24) is 14.9 Å². The summed E-state index contributed by atoms with van der Waals surface area (Å²) in [6.07, 6.45) is 2.40. The lowest BCUT2D eigenvalue weighted by molar-refractivity contribution is -0.119. The molecule has 1 atom stereocenters. The van der Waals surface area contributed by atoms with Gasteiger partial charge in [0.25, 0.3) is 0 Å². The number of nitrogens with one attached hydrogen (secondary N) is 1. The molecule has 1 aliphatic rings. The Labute approximate surface area is 178 Å². The number of nitrogens with two attached hydrogens (primary N) is 1. The van der Waals surface area contributed by atoms with Crippen molar-refractivity contribution in [2.75, 3.05) is 23.7 Å². The summed E-state index contributed by atoms with van der Waals surface area (Å²) < 4.78 is 21.9. The standard InChI is InChI=1S/C22H22FN5O3/c1-14(29)26-11-18-13-28(22(30)31-18)17-6-7-19(20(23)10-17)16-4-2-15(3-5-16)12-27-9-8-25-21(27)24/h2-10,18H,11-13H2,1H3,(H2,24,25)(H,26,29). The molecule has 4 rings (SSSR count). The van der Waals surface area contributed by atoms with E-state index in [9.17, 15) is 14.0 Å². The largest absolute Gasteiger partial charge is 0.442 e. The van der Waals surface area contributed by atoms with Crippen LogP contribution in [0.1, 0.15) is 12.5 Å². The lowest BCUT2D eigenvalue weighted by Crippen LogP contribution is -2.33. The molecule has 1 saturated heterocycles. The summed E-state index contributed by atoms with van der Waals surface area (Å²) in [6.45, 7) is 2.42. The van der Waals surface area contributed by atoms with Crippen LogP contribution in [0, 0.1) is 5.82 Å². The molecule has 0 spiro atoms. The molecule has 0 saturated carbocycles. The zero-order chi connectivity index (χ0) is 22.0. The summed E-state index contributed by atoms with van der Waals surface area (Å²) >= 11 is 0. The molecule has 8 nitrogen and oxygen atoms in total. The average Bonchev–Trinajstić information content (AvgIpc) is 3.32. The predicted octanol–water partition coefficient (Wildman–Crippen LogP) is 2.78. The fourth-order valence-electron chi connectivity index (χ4n) is 3.46. The van der Waals surface area contributed by atoms with Crippen LogP contribution in [0.25, 0.3) is 11.1 Å². The quantitative estimate of drug-likeness (QED) is 0.635. The number of halogens is 1. The summed E-state index contributed by atoms with van der Waals surface area (Å²) in [7, 11) is 0. The Hall–Kier alpha value is -3.88. The number of benzene rings is 2. The molecular weight excluding hydrogens is 401 g/mol. The number of amides is 2. The van der Waals surface area contributed by atoms with E-state index in [4.69, 9.17) is 10.5 Å². The van der Waals surface area contributed by atoms with Crippen molar-refractivity contribution in [3.8, 4) is 11.1 Å². The van der Waals surface area contributed by atoms with Gasteiger partial charge in [-0.1, -0.05) is 24.3 Å². The molecule has 1 aliphatic heterocycles. The van der Waals surface area contributed by atoms with Gasteiger partial charge in [0.15, 0.2) is 5.95 Å². The fourth-order valence-corrected chi connectivity index (χ4v) is 3.46. The SMILES string of the molecule is CC(=O)NCC1CN(c2ccc(-c3ccc(Cn4ccnc4N)cc3)c(F)c2)C(=O)O1. The first-order valence-electron chi connectivity index (χ1n) is 9.79. The number of anilines is 2. The van der Waals surface area contributed by atoms with Crippen molar-refractivity contribution in [3.05, 3.63) is 66.2 Å². The van der Waals surface area contributed by atoms with Gasteiger partial charge in [0.2, 0.25) is 5.91 Å². The molecule has 9 heteroatoms. The third kappa shape index (κ3) is 4.50. The molecule has 31 heavy (non-hydrogen) atoms. The van der Waals surface area contributed by atoms with Crippen LogP contribution in [-0.2, 0) is 16.1 Å². The first-order valence-corrected chi connectivity index (χ1v) is 9.79. The van der Waals surface area contributed by atoms with Gasteiger partial charge in [-0.2, -0.15) is 0 Å². The normalized spacial score (nSPS) is 15.7. The van der Waals surface area contributed by atoms with Gasteiger partial charge in [-0.15, -0.1) is 0 Å². The second-order valence-electron chi connectivity index (χ2n) is 7.33. The topological polar surface area (TPSA) is 102 Å². The number of aromatic nitrogens is 2. The summed E-state index contributed by atoms with van der Waals surface area (Å²) in [4.78, 5) is 28.5. The Kier molecular flexibility index (Phi) is 5.57. The van der Waals surface area contributed by atoms with Crippen LogP contribution < -0.4 is 16.0 Å². The smallest absolute Gasteiger partial charge is 0.414 e. The minimum atomic E-state index is -0.564. The highest BCUT2D eigenvalue weighted by molar-refractivity contribution is 5.90. The Bertz CT molecular complexity index is 1110. The highest BCUT2D eigenvalue weighted by atomic mass is 19.1. The molecule has 0 aliphatic carbocycles. The van der Waals surface area contributed by atoms with Crippen molar-refractivity contribution >= 4 is 23.6 Å². The van der Waals surface area contributed by atoms with E-state index >= 15 is 0 Å². The number of hydrogen-bond acceptors (Lipinski definition) is 5. The van der Waals surface area contributed by atoms with Gasteiger partial charge in [-0.25, -0.2) is 14.2 Å². The van der Waals surface area contributed by atoms with Crippen molar-refractivity contribution in [1.29, 1.82) is 0 Å². The number of nitrogen functional groups attached to an aromatic ring is 1. The van der Waals surface area contributed by atoms with Gasteiger partial charge in [0.1, 0.15) is 11.9 Å². The molecule has 2 amide bonds. The molecule has 3 N–H and O–H groups in total. The molecular formula is C22H22FN5O3. The molecule has 1 fully saturated rings. The van der Waals surface area contributed by atoms with Crippen LogP contribution in [0.4, 0.5) is 20.8 Å². The van der Waals surface area contributed by atoms with Gasteiger partial charge < -0.3 is 20.4 Å². The minimum Gasteiger partial charge on any atom is -0.442 e. The van der Waals surface area contributed by atoms with Crippen molar-refractivity contribution in [3.63, 3.8) is 0 Å². The highest BCUT2D eigenvalue weighted by Crippen LogP contribution is 2.29. The van der Waals surface area contributed by atoms with Crippen LogP contribution in [0.5, 0.6) is 0 Å². The van der Waals surface area contributed by atoms with Crippen LogP contribution in [-0.4, -0.2) is 40.7 Å². The number of rotatable bonds is 6. The van der Waals surface area contributed by atoms with Gasteiger partial charge >= 0.3 is 6.09 Å². The molecule has 2 aromatic carbocycles. The second-order valence-corrected chi connectivity index (χ2v) is 7.33. The van der Waals surface area contributed by atoms with E-state index in [0.717, 1.165) is 11.1 Å². The minimum absolute atomic E-state index is 0.204. The number of ether oxygens (including phenoxy) is 1. The zero-order valence-electron chi connectivity index (χ0n) is 16.9. The van der Waals surface area contributed by atoms with E-state index in [1.807, 2.05) is 28.8 Å². The van der Waals surface area contributed by atoms with Crippen LogP contribution in [0.15, 0.2) is 54.9 Å². The van der Waals surface area contributed by atoms with Crippen molar-refractivity contribution in [2.24, 2.45) is 0 Å². The van der Waals surface area contributed by atoms with Gasteiger partial charge in [0, 0.05) is 24.9 Å². The third-order valence-corrected chi connectivity index (χ3v) is 5.08. The number of carbonyl (C=O) groups is 2. The fraction of sp³-hybridized carbons (Fsp3) is 0.227. The van der Waals surface area contributed by atoms with Crippen molar-refractivity contribution < 1.29 is 18.7 Å². The summed E-state index contributed by atoms with van der Waals surface area (Å²) in [5.74, 6) is -0.211. The molecule has 3 aromatic rings. The Balaban J connectivity index is 1.47. The number of imidazole rings is 1. The summed E-state index contributed by atoms with van der Waals surface area (Å²) in [5, 5.41) is 2.61. The number of cyclic esters (lactones) is 1. The number of hydrogen-bond donors (Lipinski definition) is 2. The molecule has 1 unspecified atom stereocenters. The average molecular weight is 423 g/mol. The predicted molar refractivity (Wildman–Crippen MR) is 114 cm³/mol. The van der Waals surface area contributed by atoms with E-state index in [2.05, 4.69) is 10.3 Å². The van der Waals surface area contributed by atoms with Crippen LogP contribution >= 0.6 is 0 Å². The maximum absolute atomic E-state index is 14.9. The lowest BCUT2D eigenvalue weighted by Gasteiger charge is -2.15. The number of carbonyl (C=O) groups excluding carboxylic acids is 2. The van der Waals surface area contributed by atoms with Crippen LogP contribution in [0.3, 0.4) is 0 Å². The lowest BCUT2D eigenvalue weighted by atomic mass is 10.0. The van der Waals surface area contributed by atoms with E-state index < -0.39 is 18.0 Å². The molecule has 1 aromatic heterocycles. The molecule has 0 bridgehead atoms. The van der Waals surface area contributed by atoms with E-state index in [0.29, 0.717) is 23.7 Å². The van der Waals surface area contributed by atoms with Crippen LogP contribution in [0.2, 0.25) is 0 Å². The van der Waals surface area contributed by atoms with Crippen molar-refractivity contribution in [2.45, 2.75) is 19.6 Å². The molecule has 2 heterocycles. The summed E-state index contributed by atoms with van der Waals surface area (Å²) in [5.41, 5.74) is 8.36. The van der Waals surface area contributed by atoms with E-state index in [1.54, 1.807) is 24.5 Å². The van der Waals surface area contributed by atoms with E-state index in [1.165, 1.54) is 17.9 Å². The monoisotopic (exact) mass is 423 g/mol. The third-order valence-electron chi connectivity index (χ3n) is 5.08. The molecule has 160 valence electrons. The molecule has 0 radical (unpaired) electrons. The van der Waals surface area contributed by atoms with Gasteiger partial charge in [-0.3, -0.25) is 9.69 Å². The Morgan fingerprint density at radius 1 is 1.29 bits per heavy atom. The Morgan fingerprint density at radius 2 is 2.06 bits per heavy atom. The Morgan fingerprint density at radius 3 is 2.71 bits per heavy atom. The maximum Gasteiger partial charge on any atom is 0.414 e. The maximum atomic E-state index is 14.9. The number of nitrogens with zero attached hydrogens (tertiary/aromatic N) is 3. The van der Waals surface area contributed by atoms with Gasteiger partial charge in [0.05, 0.1) is 25.3 Å². The summed E-state index contributed by atoms with van der Waals surface area (Å²) in [6, 6.07) is 12.1.